The smallest absolute Gasteiger partial charge is 0.255 e. The number of aliphatic hydroxyl groups is 1. The van der Waals surface area contributed by atoms with Crippen LogP contribution in [0.1, 0.15) is 29.3 Å². The van der Waals surface area contributed by atoms with Crippen molar-refractivity contribution in [2.24, 2.45) is 0 Å². The van der Waals surface area contributed by atoms with Crippen LogP contribution in [-0.4, -0.2) is 24.7 Å². The highest BCUT2D eigenvalue weighted by molar-refractivity contribution is 6.32. The molecule has 0 aliphatic heterocycles. The number of benzene rings is 2. The molecule has 0 aliphatic rings. The SMILES string of the molecule is CCCOc1c(Cl)cc(C(=O)Nc2cccc(CO)c2)cc1OC. The van der Waals surface area contributed by atoms with E-state index >= 15 is 0 Å². The Morgan fingerprint density at radius 1 is 1.29 bits per heavy atom. The van der Waals surface area contributed by atoms with E-state index in [0.29, 0.717) is 39.9 Å². The predicted octanol–water partition coefficient (Wildman–Crippen LogP) is 3.88. The number of anilines is 1. The lowest BCUT2D eigenvalue weighted by atomic mass is 10.1. The fourth-order valence-corrected chi connectivity index (χ4v) is 2.41. The summed E-state index contributed by atoms with van der Waals surface area (Å²) in [4.78, 5) is 12.4. The molecule has 0 saturated carbocycles. The Hall–Kier alpha value is -2.24. The normalized spacial score (nSPS) is 10.3. The third kappa shape index (κ3) is 4.40. The summed E-state index contributed by atoms with van der Waals surface area (Å²) in [5, 5.41) is 12.2. The van der Waals surface area contributed by atoms with Crippen molar-refractivity contribution in [1.82, 2.24) is 0 Å². The molecule has 0 aromatic heterocycles. The number of methoxy groups -OCH3 is 1. The molecule has 0 radical (unpaired) electrons. The van der Waals surface area contributed by atoms with Gasteiger partial charge in [-0.05, 0) is 36.2 Å². The standard InChI is InChI=1S/C18H20ClNO4/c1-3-7-24-17-15(19)9-13(10-16(17)23-2)18(22)20-14-6-4-5-12(8-14)11-21/h4-6,8-10,21H,3,7,11H2,1-2H3,(H,20,22). The number of ether oxygens (including phenoxy) is 2. The molecule has 2 aromatic carbocycles. The van der Waals surface area contributed by atoms with Gasteiger partial charge in [-0.25, -0.2) is 0 Å². The maximum atomic E-state index is 12.4. The third-order valence-electron chi connectivity index (χ3n) is 3.31. The first-order valence-corrected chi connectivity index (χ1v) is 7.98. The molecule has 0 fully saturated rings. The molecule has 0 bridgehead atoms. The van der Waals surface area contributed by atoms with Crippen LogP contribution in [0, 0.1) is 0 Å². The molecule has 2 aromatic rings. The number of carbonyl (C=O) groups is 1. The van der Waals surface area contributed by atoms with Gasteiger partial charge in [0.2, 0.25) is 0 Å². The van der Waals surface area contributed by atoms with E-state index in [9.17, 15) is 4.79 Å². The van der Waals surface area contributed by atoms with Crippen LogP contribution in [0.3, 0.4) is 0 Å². The van der Waals surface area contributed by atoms with Crippen LogP contribution in [0.2, 0.25) is 5.02 Å². The Morgan fingerprint density at radius 3 is 2.75 bits per heavy atom. The molecule has 0 spiro atoms. The van der Waals surface area contributed by atoms with Crippen LogP contribution in [0.25, 0.3) is 0 Å². The van der Waals surface area contributed by atoms with E-state index in [0.717, 1.165) is 6.42 Å². The Bertz CT molecular complexity index is 718. The minimum Gasteiger partial charge on any atom is -0.493 e. The molecule has 0 saturated heterocycles. The van der Waals surface area contributed by atoms with Gasteiger partial charge in [0.25, 0.3) is 5.91 Å². The maximum absolute atomic E-state index is 12.4. The van der Waals surface area contributed by atoms with E-state index in [1.165, 1.54) is 7.11 Å². The van der Waals surface area contributed by atoms with Crippen LogP contribution in [0.15, 0.2) is 36.4 Å². The first-order chi connectivity index (χ1) is 11.6. The van der Waals surface area contributed by atoms with Crippen LogP contribution in [0.4, 0.5) is 5.69 Å². The average Bonchev–Trinajstić information content (AvgIpc) is 2.60. The first-order valence-electron chi connectivity index (χ1n) is 7.60. The zero-order chi connectivity index (χ0) is 17.5. The number of halogens is 1. The highest BCUT2D eigenvalue weighted by Crippen LogP contribution is 2.36. The van der Waals surface area contributed by atoms with E-state index in [1.54, 1.807) is 36.4 Å². The van der Waals surface area contributed by atoms with Crippen molar-refractivity contribution >= 4 is 23.2 Å². The summed E-state index contributed by atoms with van der Waals surface area (Å²) in [6, 6.07) is 10.1. The van der Waals surface area contributed by atoms with Crippen LogP contribution < -0.4 is 14.8 Å². The number of nitrogens with one attached hydrogen (secondary N) is 1. The summed E-state index contributed by atoms with van der Waals surface area (Å²) in [5.41, 5.74) is 1.66. The zero-order valence-corrected chi connectivity index (χ0v) is 14.4. The number of carbonyl (C=O) groups excluding carboxylic acids is 1. The molecule has 128 valence electrons. The second-order valence-corrected chi connectivity index (χ2v) is 5.56. The highest BCUT2D eigenvalue weighted by Gasteiger charge is 2.16. The van der Waals surface area contributed by atoms with E-state index in [4.69, 9.17) is 26.2 Å². The molecule has 0 atom stereocenters. The molecule has 1 amide bonds. The summed E-state index contributed by atoms with van der Waals surface area (Å²) in [6.07, 6.45) is 0.836. The van der Waals surface area contributed by atoms with Crippen LogP contribution in [0.5, 0.6) is 11.5 Å². The molecule has 2 N–H and O–H groups in total. The quantitative estimate of drug-likeness (QED) is 0.796. The first kappa shape index (κ1) is 18.1. The monoisotopic (exact) mass is 349 g/mol. The Labute approximate surface area is 146 Å². The lowest BCUT2D eigenvalue weighted by Crippen LogP contribution is -2.12. The Balaban J connectivity index is 2.24. The van der Waals surface area contributed by atoms with Gasteiger partial charge in [0.05, 0.1) is 25.3 Å². The van der Waals surface area contributed by atoms with Gasteiger partial charge < -0.3 is 19.9 Å². The summed E-state index contributed by atoms with van der Waals surface area (Å²) in [7, 11) is 1.50. The van der Waals surface area contributed by atoms with Crippen molar-refractivity contribution in [2.75, 3.05) is 19.0 Å². The van der Waals surface area contributed by atoms with Gasteiger partial charge >= 0.3 is 0 Å². The molecule has 0 heterocycles. The summed E-state index contributed by atoms with van der Waals surface area (Å²) >= 11 is 6.23. The van der Waals surface area contributed by atoms with Crippen molar-refractivity contribution in [3.63, 3.8) is 0 Å². The number of rotatable bonds is 7. The lowest BCUT2D eigenvalue weighted by Gasteiger charge is -2.14. The Kier molecular flexibility index (Phi) is 6.46. The van der Waals surface area contributed by atoms with Crippen molar-refractivity contribution in [3.8, 4) is 11.5 Å². The molecule has 0 unspecified atom stereocenters. The second kappa shape index (κ2) is 8.57. The second-order valence-electron chi connectivity index (χ2n) is 5.15. The van der Waals surface area contributed by atoms with E-state index in [-0.39, 0.29) is 12.5 Å². The average molecular weight is 350 g/mol. The maximum Gasteiger partial charge on any atom is 0.255 e. The van der Waals surface area contributed by atoms with Crippen molar-refractivity contribution in [2.45, 2.75) is 20.0 Å². The van der Waals surface area contributed by atoms with Gasteiger partial charge in [0.15, 0.2) is 11.5 Å². The topological polar surface area (TPSA) is 67.8 Å². The van der Waals surface area contributed by atoms with Crippen molar-refractivity contribution < 1.29 is 19.4 Å². The van der Waals surface area contributed by atoms with Gasteiger partial charge in [-0.2, -0.15) is 0 Å². The zero-order valence-electron chi connectivity index (χ0n) is 13.6. The molecule has 24 heavy (non-hydrogen) atoms. The predicted molar refractivity (Wildman–Crippen MR) is 94.1 cm³/mol. The van der Waals surface area contributed by atoms with Gasteiger partial charge in [0.1, 0.15) is 0 Å². The molecule has 6 heteroatoms. The van der Waals surface area contributed by atoms with Crippen LogP contribution in [-0.2, 0) is 6.61 Å². The van der Waals surface area contributed by atoms with E-state index in [2.05, 4.69) is 5.32 Å². The van der Waals surface area contributed by atoms with Gasteiger partial charge in [0, 0.05) is 11.3 Å². The van der Waals surface area contributed by atoms with Gasteiger partial charge in [-0.1, -0.05) is 30.7 Å². The lowest BCUT2D eigenvalue weighted by molar-refractivity contribution is 0.102. The fourth-order valence-electron chi connectivity index (χ4n) is 2.15. The fraction of sp³-hybridized carbons (Fsp3) is 0.278. The van der Waals surface area contributed by atoms with Crippen LogP contribution >= 0.6 is 11.6 Å². The Morgan fingerprint density at radius 2 is 2.08 bits per heavy atom. The minimum atomic E-state index is -0.327. The summed E-state index contributed by atoms with van der Waals surface area (Å²) < 4.78 is 10.9. The number of hydrogen-bond donors (Lipinski definition) is 2. The third-order valence-corrected chi connectivity index (χ3v) is 3.59. The molecular formula is C18H20ClNO4. The molecule has 0 aliphatic carbocycles. The molecular weight excluding hydrogens is 330 g/mol. The van der Waals surface area contributed by atoms with Crippen molar-refractivity contribution in [3.05, 3.63) is 52.5 Å². The minimum absolute atomic E-state index is 0.0905. The molecule has 2 rings (SSSR count). The number of hydrogen-bond acceptors (Lipinski definition) is 4. The highest BCUT2D eigenvalue weighted by atomic mass is 35.5. The summed E-state index contributed by atoms with van der Waals surface area (Å²) in [5.74, 6) is 0.511. The van der Waals surface area contributed by atoms with Crippen molar-refractivity contribution in [1.29, 1.82) is 0 Å². The van der Waals surface area contributed by atoms with Gasteiger partial charge in [-0.15, -0.1) is 0 Å². The van der Waals surface area contributed by atoms with E-state index < -0.39 is 0 Å². The number of amides is 1. The van der Waals surface area contributed by atoms with E-state index in [1.807, 2.05) is 6.92 Å². The van der Waals surface area contributed by atoms with Gasteiger partial charge in [-0.3, -0.25) is 4.79 Å². The largest absolute Gasteiger partial charge is 0.493 e. The summed E-state index contributed by atoms with van der Waals surface area (Å²) in [6.45, 7) is 2.41. The molecule has 5 nitrogen and oxygen atoms in total. The number of aliphatic hydroxyl groups excluding tert-OH is 1.